The van der Waals surface area contributed by atoms with Crippen molar-refractivity contribution in [2.75, 3.05) is 13.1 Å². The molecular formula is C29H40N4O3. The van der Waals surface area contributed by atoms with E-state index in [-0.39, 0.29) is 29.7 Å². The highest BCUT2D eigenvalue weighted by Gasteiger charge is 2.45. The summed E-state index contributed by atoms with van der Waals surface area (Å²) in [7, 11) is 0. The Morgan fingerprint density at radius 1 is 1.00 bits per heavy atom. The second-order valence-electron chi connectivity index (χ2n) is 11.1. The van der Waals surface area contributed by atoms with Crippen LogP contribution in [0.25, 0.3) is 0 Å². The number of carbonyl (C=O) groups excluding carboxylic acids is 2. The molecule has 2 aromatic rings. The van der Waals surface area contributed by atoms with Crippen LogP contribution in [-0.2, 0) is 16.0 Å². The maximum absolute atomic E-state index is 13.7. The first-order chi connectivity index (χ1) is 17.7. The van der Waals surface area contributed by atoms with Gasteiger partial charge in [-0.05, 0) is 50.0 Å². The van der Waals surface area contributed by atoms with Crippen molar-refractivity contribution in [2.24, 2.45) is 11.8 Å². The molecule has 2 aliphatic carbocycles. The zero-order valence-corrected chi connectivity index (χ0v) is 21.4. The molecule has 3 atom stereocenters. The average Bonchev–Trinajstić information content (AvgIpc) is 3.53. The van der Waals surface area contributed by atoms with Crippen LogP contribution in [0.5, 0.6) is 0 Å². The predicted molar refractivity (Wildman–Crippen MR) is 137 cm³/mol. The number of nitrogens with one attached hydrogen (secondary N) is 1. The van der Waals surface area contributed by atoms with Gasteiger partial charge in [-0.2, -0.15) is 4.98 Å². The number of aromatic nitrogens is 2. The number of benzene rings is 1. The highest BCUT2D eigenvalue weighted by Crippen LogP contribution is 2.41. The van der Waals surface area contributed by atoms with Gasteiger partial charge in [0, 0.05) is 37.9 Å². The van der Waals surface area contributed by atoms with Crippen LogP contribution in [-0.4, -0.2) is 46.0 Å². The fourth-order valence-corrected chi connectivity index (χ4v) is 6.46. The molecule has 0 spiro atoms. The summed E-state index contributed by atoms with van der Waals surface area (Å²) in [4.78, 5) is 33.7. The van der Waals surface area contributed by atoms with Crippen LogP contribution in [0, 0.1) is 11.8 Å². The highest BCUT2D eigenvalue weighted by molar-refractivity contribution is 5.82. The smallest absolute Gasteiger partial charge is 0.229 e. The largest absolute Gasteiger partial charge is 0.356 e. The number of hydrogen-bond acceptors (Lipinski definition) is 5. The second-order valence-corrected chi connectivity index (χ2v) is 11.1. The Balaban J connectivity index is 1.33. The molecule has 3 aliphatic rings. The Kier molecular flexibility index (Phi) is 8.34. The molecule has 2 heterocycles. The van der Waals surface area contributed by atoms with Crippen molar-refractivity contribution in [1.29, 1.82) is 0 Å². The van der Waals surface area contributed by atoms with Gasteiger partial charge in [0.25, 0.3) is 0 Å². The lowest BCUT2D eigenvalue weighted by atomic mass is 9.86. The Morgan fingerprint density at radius 2 is 1.78 bits per heavy atom. The van der Waals surface area contributed by atoms with Crippen molar-refractivity contribution in [1.82, 2.24) is 20.4 Å². The van der Waals surface area contributed by atoms with E-state index < -0.39 is 0 Å². The summed E-state index contributed by atoms with van der Waals surface area (Å²) in [6.07, 6.45) is 12.9. The zero-order chi connectivity index (χ0) is 24.7. The molecule has 1 aromatic heterocycles. The first-order valence-corrected chi connectivity index (χ1v) is 14.1. The Labute approximate surface area is 214 Å². The van der Waals surface area contributed by atoms with Gasteiger partial charge in [-0.3, -0.25) is 9.59 Å². The minimum atomic E-state index is -0.229. The van der Waals surface area contributed by atoms with E-state index in [1.165, 1.54) is 19.3 Å². The molecule has 36 heavy (non-hydrogen) atoms. The standard InChI is InChI=1S/C29H40N4O3/c34-27(18-22-13-7-4-8-14-22)33-16-10-2-1-9-15-30-28(35)24-19-23(20-25(24)33)29-31-26(32-36-29)17-21-11-5-3-6-12-21/h3,5-6,11-12,22-25H,1-2,4,7-10,13-20H2,(H,30,35)/t23-,24-,25+/m1/s1. The van der Waals surface area contributed by atoms with Gasteiger partial charge >= 0.3 is 0 Å². The summed E-state index contributed by atoms with van der Waals surface area (Å²) < 4.78 is 5.71. The van der Waals surface area contributed by atoms with E-state index in [0.717, 1.165) is 50.6 Å². The summed E-state index contributed by atoms with van der Waals surface area (Å²) in [6.45, 7) is 1.46. The normalized spacial score (nSPS) is 26.2. The molecule has 194 valence electrons. The van der Waals surface area contributed by atoms with E-state index in [2.05, 4.69) is 27.5 Å². The fraction of sp³-hybridized carbons (Fsp3) is 0.655. The third-order valence-electron chi connectivity index (χ3n) is 8.44. The van der Waals surface area contributed by atoms with Crippen molar-refractivity contribution < 1.29 is 14.1 Å². The van der Waals surface area contributed by atoms with E-state index >= 15 is 0 Å². The van der Waals surface area contributed by atoms with Gasteiger partial charge in [-0.1, -0.05) is 67.6 Å². The molecule has 1 aliphatic heterocycles. The number of nitrogens with zero attached hydrogens (tertiary/aromatic N) is 3. The molecular weight excluding hydrogens is 452 g/mol. The van der Waals surface area contributed by atoms with Crippen molar-refractivity contribution in [3.8, 4) is 0 Å². The molecule has 2 saturated carbocycles. The van der Waals surface area contributed by atoms with Crippen molar-refractivity contribution in [3.05, 3.63) is 47.6 Å². The lowest BCUT2D eigenvalue weighted by Gasteiger charge is -2.34. The molecule has 0 bridgehead atoms. The third-order valence-corrected chi connectivity index (χ3v) is 8.44. The molecule has 5 rings (SSSR count). The Hall–Kier alpha value is -2.70. The third kappa shape index (κ3) is 6.16. The fourth-order valence-electron chi connectivity index (χ4n) is 6.46. The summed E-state index contributed by atoms with van der Waals surface area (Å²) in [5, 5.41) is 7.39. The number of hydrogen-bond donors (Lipinski definition) is 1. The van der Waals surface area contributed by atoms with Crippen LogP contribution in [0.3, 0.4) is 0 Å². The molecule has 0 radical (unpaired) electrons. The van der Waals surface area contributed by atoms with Gasteiger partial charge < -0.3 is 14.7 Å². The highest BCUT2D eigenvalue weighted by atomic mass is 16.5. The Morgan fingerprint density at radius 3 is 2.61 bits per heavy atom. The molecule has 1 aromatic carbocycles. The molecule has 7 heteroatoms. The predicted octanol–water partition coefficient (Wildman–Crippen LogP) is 5.01. The summed E-state index contributed by atoms with van der Waals surface area (Å²) in [5.74, 6) is 1.84. The molecule has 1 saturated heterocycles. The first-order valence-electron chi connectivity index (χ1n) is 14.1. The summed E-state index contributed by atoms with van der Waals surface area (Å²) in [6, 6.07) is 10.0. The number of rotatable bonds is 5. The maximum atomic E-state index is 13.7. The zero-order valence-electron chi connectivity index (χ0n) is 21.4. The summed E-state index contributed by atoms with van der Waals surface area (Å²) in [5.41, 5.74) is 1.14. The summed E-state index contributed by atoms with van der Waals surface area (Å²) >= 11 is 0. The molecule has 1 N–H and O–H groups in total. The van der Waals surface area contributed by atoms with Crippen LogP contribution in [0.1, 0.15) is 100 Å². The van der Waals surface area contributed by atoms with Crippen LogP contribution >= 0.6 is 0 Å². The van der Waals surface area contributed by atoms with Gasteiger partial charge in [0.15, 0.2) is 5.82 Å². The van der Waals surface area contributed by atoms with Crippen LogP contribution in [0.15, 0.2) is 34.9 Å². The average molecular weight is 493 g/mol. The first kappa shape index (κ1) is 25.0. The lowest BCUT2D eigenvalue weighted by Crippen LogP contribution is -2.47. The number of carbonyl (C=O) groups is 2. The van der Waals surface area contributed by atoms with Gasteiger partial charge in [0.1, 0.15) is 0 Å². The van der Waals surface area contributed by atoms with E-state index in [4.69, 9.17) is 9.51 Å². The molecule has 2 amide bonds. The van der Waals surface area contributed by atoms with Crippen molar-refractivity contribution >= 4 is 11.8 Å². The molecule has 3 fully saturated rings. The van der Waals surface area contributed by atoms with Crippen LogP contribution < -0.4 is 5.32 Å². The van der Waals surface area contributed by atoms with Gasteiger partial charge in [-0.15, -0.1) is 0 Å². The lowest BCUT2D eigenvalue weighted by molar-refractivity contribution is -0.137. The van der Waals surface area contributed by atoms with E-state index in [1.807, 2.05) is 18.2 Å². The maximum Gasteiger partial charge on any atom is 0.229 e. The topological polar surface area (TPSA) is 88.3 Å². The molecule has 0 unspecified atom stereocenters. The van der Waals surface area contributed by atoms with Gasteiger partial charge in [-0.25, -0.2) is 0 Å². The van der Waals surface area contributed by atoms with E-state index in [9.17, 15) is 9.59 Å². The SMILES string of the molecule is O=C1NCCCCCCN(C(=O)CC2CCCCC2)[C@H]2C[C@H](c3nc(Cc4ccccc4)no3)C[C@@H]12. The second kappa shape index (κ2) is 12.0. The number of fused-ring (bicyclic) bond motifs is 1. The van der Waals surface area contributed by atoms with Gasteiger partial charge in [0.2, 0.25) is 17.7 Å². The van der Waals surface area contributed by atoms with Crippen molar-refractivity contribution in [2.45, 2.75) is 95.4 Å². The molecule has 7 nitrogen and oxygen atoms in total. The van der Waals surface area contributed by atoms with Crippen LogP contribution in [0.2, 0.25) is 0 Å². The minimum Gasteiger partial charge on any atom is -0.356 e. The van der Waals surface area contributed by atoms with Crippen LogP contribution in [0.4, 0.5) is 0 Å². The monoisotopic (exact) mass is 492 g/mol. The number of amides is 2. The quantitative estimate of drug-likeness (QED) is 0.634. The Bertz CT molecular complexity index is 1000. The van der Waals surface area contributed by atoms with E-state index in [1.54, 1.807) is 0 Å². The van der Waals surface area contributed by atoms with Crippen molar-refractivity contribution in [3.63, 3.8) is 0 Å². The minimum absolute atomic E-state index is 0.00399. The van der Waals surface area contributed by atoms with Gasteiger partial charge in [0.05, 0.1) is 5.92 Å². The van der Waals surface area contributed by atoms with E-state index in [0.29, 0.717) is 49.9 Å².